The Morgan fingerprint density at radius 1 is 1.32 bits per heavy atom. The van der Waals surface area contributed by atoms with Crippen molar-refractivity contribution in [3.8, 4) is 0 Å². The predicted octanol–water partition coefficient (Wildman–Crippen LogP) is 2.75. The van der Waals surface area contributed by atoms with Crippen LogP contribution in [0.25, 0.3) is 11.0 Å². The summed E-state index contributed by atoms with van der Waals surface area (Å²) < 4.78 is 2.05. The summed E-state index contributed by atoms with van der Waals surface area (Å²) in [6.07, 6.45) is 4.68. The molecule has 1 unspecified atom stereocenters. The highest BCUT2D eigenvalue weighted by atomic mass is 32.2. The van der Waals surface area contributed by atoms with Gasteiger partial charge in [-0.1, -0.05) is 19.1 Å². The Labute approximate surface area is 154 Å². The zero-order valence-electron chi connectivity index (χ0n) is 15.2. The van der Waals surface area contributed by atoms with Crippen molar-refractivity contribution in [2.75, 3.05) is 32.4 Å². The van der Waals surface area contributed by atoms with Gasteiger partial charge in [0.15, 0.2) is 0 Å². The number of carbonyl (C=O) groups excluding carboxylic acids is 1. The number of hydrogen-bond acceptors (Lipinski definition) is 4. The van der Waals surface area contributed by atoms with Crippen LogP contribution in [-0.4, -0.2) is 52.8 Å². The molecule has 3 rings (SSSR count). The predicted molar refractivity (Wildman–Crippen MR) is 105 cm³/mol. The summed E-state index contributed by atoms with van der Waals surface area (Å²) in [5.41, 5.74) is 1.99. The van der Waals surface area contributed by atoms with E-state index in [1.165, 1.54) is 25.9 Å². The van der Waals surface area contributed by atoms with E-state index in [0.29, 0.717) is 12.5 Å². The van der Waals surface area contributed by atoms with E-state index in [4.69, 9.17) is 0 Å². The molecular formula is C19H28N4OS. The van der Waals surface area contributed by atoms with Gasteiger partial charge in [-0.25, -0.2) is 4.98 Å². The van der Waals surface area contributed by atoms with E-state index in [2.05, 4.69) is 28.4 Å². The van der Waals surface area contributed by atoms with Crippen molar-refractivity contribution in [2.45, 2.75) is 32.1 Å². The number of nitrogens with one attached hydrogen (secondary N) is 1. The topological polar surface area (TPSA) is 50.2 Å². The highest BCUT2D eigenvalue weighted by Crippen LogP contribution is 2.18. The molecule has 1 saturated heterocycles. The molecule has 0 spiro atoms. The van der Waals surface area contributed by atoms with Gasteiger partial charge in [0.2, 0.25) is 5.91 Å². The van der Waals surface area contributed by atoms with Crippen LogP contribution >= 0.6 is 11.8 Å². The van der Waals surface area contributed by atoms with Crippen LogP contribution in [0.15, 0.2) is 24.3 Å². The first-order valence-corrected chi connectivity index (χ1v) is 10.5. The first-order valence-electron chi connectivity index (χ1n) is 9.09. The van der Waals surface area contributed by atoms with Gasteiger partial charge in [-0.2, -0.15) is 11.8 Å². The maximum atomic E-state index is 12.5. The van der Waals surface area contributed by atoms with Crippen LogP contribution in [-0.2, 0) is 17.1 Å². The fourth-order valence-corrected chi connectivity index (χ4v) is 3.98. The lowest BCUT2D eigenvalue weighted by atomic mass is 10.1. The van der Waals surface area contributed by atoms with E-state index >= 15 is 0 Å². The molecular weight excluding hydrogens is 332 g/mol. The van der Waals surface area contributed by atoms with Crippen LogP contribution in [0.1, 0.15) is 25.6 Å². The Hall–Kier alpha value is -1.53. The van der Waals surface area contributed by atoms with Crippen molar-refractivity contribution < 1.29 is 4.79 Å². The second-order valence-electron chi connectivity index (χ2n) is 6.95. The smallest absolute Gasteiger partial charge is 0.240 e. The quantitative estimate of drug-likeness (QED) is 0.786. The molecule has 5 nitrogen and oxygen atoms in total. The van der Waals surface area contributed by atoms with Gasteiger partial charge in [-0.05, 0) is 50.2 Å². The molecule has 1 amide bonds. The van der Waals surface area contributed by atoms with Gasteiger partial charge in [-0.3, -0.25) is 4.79 Å². The zero-order valence-corrected chi connectivity index (χ0v) is 16.0. The van der Waals surface area contributed by atoms with Crippen molar-refractivity contribution in [3.05, 3.63) is 30.1 Å². The minimum Gasteiger partial charge on any atom is -0.354 e. The van der Waals surface area contributed by atoms with Crippen LogP contribution in [0, 0.1) is 5.92 Å². The van der Waals surface area contributed by atoms with Crippen LogP contribution in [0.5, 0.6) is 0 Å². The number of aromatic nitrogens is 2. The van der Waals surface area contributed by atoms with Crippen LogP contribution in [0.4, 0.5) is 0 Å². The first-order chi connectivity index (χ1) is 12.2. The van der Waals surface area contributed by atoms with Crippen LogP contribution < -0.4 is 5.32 Å². The van der Waals surface area contributed by atoms with Crippen molar-refractivity contribution in [1.29, 1.82) is 0 Å². The molecule has 1 N–H and O–H groups in total. The van der Waals surface area contributed by atoms with Crippen LogP contribution in [0.3, 0.4) is 0 Å². The van der Waals surface area contributed by atoms with Gasteiger partial charge < -0.3 is 14.8 Å². The number of para-hydroxylation sites is 2. The highest BCUT2D eigenvalue weighted by Gasteiger charge is 2.16. The lowest BCUT2D eigenvalue weighted by Gasteiger charge is -2.20. The number of carbonyl (C=O) groups is 1. The Morgan fingerprint density at radius 2 is 2.08 bits per heavy atom. The molecule has 0 radical (unpaired) electrons. The average molecular weight is 361 g/mol. The molecule has 25 heavy (non-hydrogen) atoms. The molecule has 1 fully saturated rings. The fourth-order valence-electron chi connectivity index (χ4n) is 3.50. The molecule has 0 saturated carbocycles. The molecule has 0 aliphatic carbocycles. The minimum atomic E-state index is 0.0683. The van der Waals surface area contributed by atoms with E-state index in [9.17, 15) is 4.79 Å². The first kappa shape index (κ1) is 18.3. The maximum Gasteiger partial charge on any atom is 0.240 e. The second kappa shape index (κ2) is 8.72. The number of hydrogen-bond donors (Lipinski definition) is 1. The Morgan fingerprint density at radius 3 is 2.84 bits per heavy atom. The van der Waals surface area contributed by atoms with Crippen molar-refractivity contribution in [1.82, 2.24) is 19.8 Å². The SMILES string of the molecule is CSCc1nc2ccccc2n1CC(=O)NCC(C)CN1CCCC1. The Kier molecular flexibility index (Phi) is 6.37. The molecule has 2 aromatic rings. The summed E-state index contributed by atoms with van der Waals surface area (Å²) >= 11 is 1.73. The van der Waals surface area contributed by atoms with Gasteiger partial charge in [0, 0.05) is 13.1 Å². The van der Waals surface area contributed by atoms with Gasteiger partial charge >= 0.3 is 0 Å². The maximum absolute atomic E-state index is 12.5. The molecule has 0 bridgehead atoms. The van der Waals surface area contributed by atoms with Gasteiger partial charge in [-0.15, -0.1) is 0 Å². The summed E-state index contributed by atoms with van der Waals surface area (Å²) in [5.74, 6) is 2.33. The lowest BCUT2D eigenvalue weighted by molar-refractivity contribution is -0.121. The third-order valence-corrected chi connectivity index (χ3v) is 5.27. The lowest BCUT2D eigenvalue weighted by Crippen LogP contribution is -2.36. The summed E-state index contributed by atoms with van der Waals surface area (Å²) in [4.78, 5) is 19.6. The van der Waals surface area contributed by atoms with Crippen molar-refractivity contribution >= 4 is 28.7 Å². The third kappa shape index (κ3) is 4.76. The van der Waals surface area contributed by atoms with Crippen molar-refractivity contribution in [2.24, 2.45) is 5.92 Å². The normalized spacial score (nSPS) is 16.4. The molecule has 136 valence electrons. The van der Waals surface area contributed by atoms with E-state index in [1.54, 1.807) is 11.8 Å². The average Bonchev–Trinajstić information content (AvgIpc) is 3.22. The fraction of sp³-hybridized carbons (Fsp3) is 0.579. The van der Waals surface area contributed by atoms with Gasteiger partial charge in [0.05, 0.1) is 16.8 Å². The molecule has 6 heteroatoms. The second-order valence-corrected chi connectivity index (χ2v) is 7.82. The number of imidazole rings is 1. The van der Waals surface area contributed by atoms with Gasteiger partial charge in [0.25, 0.3) is 0 Å². The standard InChI is InChI=1S/C19H28N4OS/c1-15(12-22-9-5-6-10-22)11-20-19(24)13-23-17-8-4-3-7-16(17)21-18(23)14-25-2/h3-4,7-8,15H,5-6,9-14H2,1-2H3,(H,20,24). The number of nitrogens with zero attached hydrogens (tertiary/aromatic N) is 3. The van der Waals surface area contributed by atoms with E-state index in [0.717, 1.165) is 35.7 Å². The number of benzene rings is 1. The third-order valence-electron chi connectivity index (χ3n) is 4.73. The van der Waals surface area contributed by atoms with E-state index < -0.39 is 0 Å². The van der Waals surface area contributed by atoms with Crippen LogP contribution in [0.2, 0.25) is 0 Å². The summed E-state index contributed by atoms with van der Waals surface area (Å²) in [6.45, 7) is 6.78. The molecule has 1 aromatic carbocycles. The minimum absolute atomic E-state index is 0.0683. The Bertz CT molecular complexity index is 709. The zero-order chi connectivity index (χ0) is 17.6. The molecule has 1 aromatic heterocycles. The van der Waals surface area contributed by atoms with Gasteiger partial charge in [0.1, 0.15) is 12.4 Å². The summed E-state index contributed by atoms with van der Waals surface area (Å²) in [5, 5.41) is 3.11. The summed E-state index contributed by atoms with van der Waals surface area (Å²) in [6, 6.07) is 8.03. The highest BCUT2D eigenvalue weighted by molar-refractivity contribution is 7.97. The molecule has 2 heterocycles. The van der Waals surface area contributed by atoms with Crippen molar-refractivity contribution in [3.63, 3.8) is 0 Å². The van der Waals surface area contributed by atoms with E-state index in [1.807, 2.05) is 28.8 Å². The number of rotatable bonds is 8. The van der Waals surface area contributed by atoms with E-state index in [-0.39, 0.29) is 5.91 Å². The number of amides is 1. The number of likely N-dealkylation sites (tertiary alicyclic amines) is 1. The Balaban J connectivity index is 1.58. The molecule has 1 aliphatic heterocycles. The monoisotopic (exact) mass is 360 g/mol. The number of fused-ring (bicyclic) bond motifs is 1. The summed E-state index contributed by atoms with van der Waals surface area (Å²) in [7, 11) is 0. The molecule has 1 aliphatic rings. The largest absolute Gasteiger partial charge is 0.354 e. The molecule has 1 atom stereocenters. The number of thioether (sulfide) groups is 1.